The van der Waals surface area contributed by atoms with Crippen molar-refractivity contribution < 1.29 is 4.39 Å². The van der Waals surface area contributed by atoms with Gasteiger partial charge in [-0.25, -0.2) is 4.39 Å². The standard InChI is InChI=1S/C15H11Cl2FN2/c1-9(10-5-6-12(16)13(17)7-10)20-15-4-2-3-14(18)11(15)8-19/h2-7,9,20H,1H3. The van der Waals surface area contributed by atoms with E-state index < -0.39 is 5.82 Å². The van der Waals surface area contributed by atoms with Crippen LogP contribution in [0.15, 0.2) is 36.4 Å². The van der Waals surface area contributed by atoms with E-state index in [4.69, 9.17) is 28.5 Å². The molecule has 5 heteroatoms. The maximum absolute atomic E-state index is 13.5. The van der Waals surface area contributed by atoms with Crippen LogP contribution in [-0.2, 0) is 0 Å². The molecule has 2 aromatic carbocycles. The highest BCUT2D eigenvalue weighted by atomic mass is 35.5. The van der Waals surface area contributed by atoms with E-state index in [-0.39, 0.29) is 11.6 Å². The van der Waals surface area contributed by atoms with Gasteiger partial charge in [0.05, 0.1) is 15.7 Å². The molecule has 0 aromatic heterocycles. The van der Waals surface area contributed by atoms with E-state index >= 15 is 0 Å². The number of hydrogen-bond donors (Lipinski definition) is 1. The summed E-state index contributed by atoms with van der Waals surface area (Å²) in [5.41, 5.74) is 1.35. The van der Waals surface area contributed by atoms with E-state index in [0.717, 1.165) is 5.56 Å². The van der Waals surface area contributed by atoms with Gasteiger partial charge in [-0.3, -0.25) is 0 Å². The average molecular weight is 309 g/mol. The second-order valence-corrected chi connectivity index (χ2v) is 5.13. The number of halogens is 3. The second kappa shape index (κ2) is 6.13. The van der Waals surface area contributed by atoms with Crippen molar-refractivity contribution >= 4 is 28.9 Å². The molecule has 1 atom stereocenters. The zero-order valence-corrected chi connectivity index (χ0v) is 12.1. The first-order chi connectivity index (χ1) is 9.52. The molecule has 0 saturated carbocycles. The summed E-state index contributed by atoms with van der Waals surface area (Å²) in [4.78, 5) is 0. The Bertz CT molecular complexity index is 680. The smallest absolute Gasteiger partial charge is 0.143 e. The van der Waals surface area contributed by atoms with E-state index in [1.165, 1.54) is 6.07 Å². The molecule has 0 bridgehead atoms. The zero-order valence-electron chi connectivity index (χ0n) is 10.6. The van der Waals surface area contributed by atoms with Crippen molar-refractivity contribution in [2.24, 2.45) is 0 Å². The minimum absolute atomic E-state index is 0.000546. The van der Waals surface area contributed by atoms with Crippen molar-refractivity contribution in [3.63, 3.8) is 0 Å². The lowest BCUT2D eigenvalue weighted by atomic mass is 10.1. The fraction of sp³-hybridized carbons (Fsp3) is 0.133. The molecule has 0 fully saturated rings. The fourth-order valence-corrected chi connectivity index (χ4v) is 2.16. The Hall–Kier alpha value is -1.76. The van der Waals surface area contributed by atoms with Gasteiger partial charge in [-0.15, -0.1) is 0 Å². The molecule has 0 aliphatic carbocycles. The van der Waals surface area contributed by atoms with Crippen molar-refractivity contribution in [1.82, 2.24) is 0 Å². The summed E-state index contributed by atoms with van der Waals surface area (Å²) in [5, 5.41) is 13.0. The van der Waals surface area contributed by atoms with Crippen LogP contribution in [0.3, 0.4) is 0 Å². The van der Waals surface area contributed by atoms with E-state index in [1.54, 1.807) is 24.3 Å². The molecule has 20 heavy (non-hydrogen) atoms. The largest absolute Gasteiger partial charge is 0.377 e. The Balaban J connectivity index is 2.28. The van der Waals surface area contributed by atoms with Crippen molar-refractivity contribution in [1.29, 1.82) is 5.26 Å². The van der Waals surface area contributed by atoms with Crippen LogP contribution >= 0.6 is 23.2 Å². The second-order valence-electron chi connectivity index (χ2n) is 4.31. The number of nitriles is 1. The molecule has 2 rings (SSSR count). The Morgan fingerprint density at radius 3 is 2.60 bits per heavy atom. The zero-order chi connectivity index (χ0) is 14.7. The molecule has 0 heterocycles. The summed E-state index contributed by atoms with van der Waals surface area (Å²) in [6.45, 7) is 1.89. The maximum Gasteiger partial charge on any atom is 0.143 e. The van der Waals surface area contributed by atoms with E-state index in [1.807, 2.05) is 19.1 Å². The first-order valence-electron chi connectivity index (χ1n) is 5.93. The summed E-state index contributed by atoms with van der Waals surface area (Å²) in [7, 11) is 0. The molecule has 102 valence electrons. The van der Waals surface area contributed by atoms with Gasteiger partial charge in [-0.05, 0) is 36.8 Å². The molecule has 0 saturated heterocycles. The van der Waals surface area contributed by atoms with Crippen molar-refractivity contribution in [3.8, 4) is 6.07 Å². The number of nitrogens with one attached hydrogen (secondary N) is 1. The van der Waals surface area contributed by atoms with Crippen LogP contribution in [0, 0.1) is 17.1 Å². The summed E-state index contributed by atoms with van der Waals surface area (Å²) in [6.07, 6.45) is 0. The average Bonchev–Trinajstić information content (AvgIpc) is 2.42. The van der Waals surface area contributed by atoms with E-state index in [2.05, 4.69) is 5.32 Å². The number of hydrogen-bond acceptors (Lipinski definition) is 2. The SMILES string of the molecule is CC(Nc1cccc(F)c1C#N)c1ccc(Cl)c(Cl)c1. The van der Waals surface area contributed by atoms with Gasteiger partial charge < -0.3 is 5.32 Å². The van der Waals surface area contributed by atoms with Crippen LogP contribution in [0.1, 0.15) is 24.1 Å². The Morgan fingerprint density at radius 1 is 1.20 bits per heavy atom. The van der Waals surface area contributed by atoms with Crippen molar-refractivity contribution in [3.05, 3.63) is 63.4 Å². The van der Waals surface area contributed by atoms with Gasteiger partial charge in [0.15, 0.2) is 0 Å². The van der Waals surface area contributed by atoms with Gasteiger partial charge in [0.25, 0.3) is 0 Å². The number of nitrogens with zero attached hydrogens (tertiary/aromatic N) is 1. The van der Waals surface area contributed by atoms with Gasteiger partial charge in [0.2, 0.25) is 0 Å². The normalized spacial score (nSPS) is 11.8. The van der Waals surface area contributed by atoms with Gasteiger partial charge >= 0.3 is 0 Å². The first kappa shape index (κ1) is 14.6. The third-order valence-electron chi connectivity index (χ3n) is 2.94. The van der Waals surface area contributed by atoms with Gasteiger partial charge in [-0.2, -0.15) is 5.26 Å². The van der Waals surface area contributed by atoms with Crippen LogP contribution in [0.5, 0.6) is 0 Å². The van der Waals surface area contributed by atoms with E-state index in [0.29, 0.717) is 15.7 Å². The highest BCUT2D eigenvalue weighted by molar-refractivity contribution is 6.42. The van der Waals surface area contributed by atoms with Gasteiger partial charge in [0.1, 0.15) is 17.4 Å². The van der Waals surface area contributed by atoms with Crippen LogP contribution in [0.2, 0.25) is 10.0 Å². The fourth-order valence-electron chi connectivity index (χ4n) is 1.86. The minimum atomic E-state index is -0.543. The van der Waals surface area contributed by atoms with Crippen LogP contribution in [-0.4, -0.2) is 0 Å². The molecule has 0 aliphatic rings. The molecule has 1 N–H and O–H groups in total. The van der Waals surface area contributed by atoms with Crippen molar-refractivity contribution in [2.45, 2.75) is 13.0 Å². The Kier molecular flexibility index (Phi) is 4.49. The van der Waals surface area contributed by atoms with Crippen LogP contribution < -0.4 is 5.32 Å². The van der Waals surface area contributed by atoms with Gasteiger partial charge in [-0.1, -0.05) is 35.3 Å². The lowest BCUT2D eigenvalue weighted by molar-refractivity contribution is 0.624. The summed E-state index contributed by atoms with van der Waals surface area (Å²) in [5.74, 6) is -0.543. The maximum atomic E-state index is 13.5. The molecule has 0 amide bonds. The monoisotopic (exact) mass is 308 g/mol. The van der Waals surface area contributed by atoms with Gasteiger partial charge in [0, 0.05) is 6.04 Å². The predicted molar refractivity (Wildman–Crippen MR) is 79.6 cm³/mol. The number of rotatable bonds is 3. The molecule has 2 aromatic rings. The summed E-state index contributed by atoms with van der Waals surface area (Å²) >= 11 is 11.8. The first-order valence-corrected chi connectivity index (χ1v) is 6.68. The van der Waals surface area contributed by atoms with E-state index in [9.17, 15) is 4.39 Å². The molecule has 2 nitrogen and oxygen atoms in total. The quantitative estimate of drug-likeness (QED) is 0.848. The summed E-state index contributed by atoms with van der Waals surface area (Å²) in [6, 6.07) is 11.5. The van der Waals surface area contributed by atoms with Crippen LogP contribution in [0.25, 0.3) is 0 Å². The van der Waals surface area contributed by atoms with Crippen LogP contribution in [0.4, 0.5) is 10.1 Å². The summed E-state index contributed by atoms with van der Waals surface area (Å²) < 4.78 is 13.5. The third kappa shape index (κ3) is 3.04. The number of anilines is 1. The molecule has 0 aliphatic heterocycles. The number of benzene rings is 2. The molecule has 0 spiro atoms. The third-order valence-corrected chi connectivity index (χ3v) is 3.68. The lowest BCUT2D eigenvalue weighted by Crippen LogP contribution is -2.08. The topological polar surface area (TPSA) is 35.8 Å². The Morgan fingerprint density at radius 2 is 1.95 bits per heavy atom. The highest BCUT2D eigenvalue weighted by Crippen LogP contribution is 2.28. The lowest BCUT2D eigenvalue weighted by Gasteiger charge is -2.17. The predicted octanol–water partition coefficient (Wildman–Crippen LogP) is 5.18. The highest BCUT2D eigenvalue weighted by Gasteiger charge is 2.12. The molecule has 0 radical (unpaired) electrons. The molecule has 1 unspecified atom stereocenters. The van der Waals surface area contributed by atoms with Crippen molar-refractivity contribution in [2.75, 3.05) is 5.32 Å². The molecular formula is C15H11Cl2FN2. The molecular weight excluding hydrogens is 298 g/mol. The minimum Gasteiger partial charge on any atom is -0.377 e. The Labute approximate surface area is 126 Å².